The number of aliphatic hydroxyl groups is 1. The average molecular weight is 660 g/mol. The highest BCUT2D eigenvalue weighted by molar-refractivity contribution is 7.92. The molecule has 8 nitrogen and oxygen atoms in total. The maximum Gasteiger partial charge on any atom is 0.338 e. The van der Waals surface area contributed by atoms with Crippen molar-refractivity contribution >= 4 is 21.7 Å². The lowest BCUT2D eigenvalue weighted by Crippen LogP contribution is -2.71. The second-order valence-corrected chi connectivity index (χ2v) is 18.8. The van der Waals surface area contributed by atoms with Crippen LogP contribution in [0.3, 0.4) is 0 Å². The Morgan fingerprint density at radius 3 is 1.91 bits per heavy atom. The molecule has 8 aliphatic carbocycles. The topological polar surface area (TPSA) is 111 Å². The SMILES string of the molecule is CCC(C1=C(O)CC(C23CC4CC(CC(C4)C2)C3)(C23CC4CC(CC(C4)C2)C3)OC1=O)c1cccc(NS(=O)(=O)c2cn(C)cn2)c1. The molecule has 8 fully saturated rings. The first-order valence-corrected chi connectivity index (χ1v) is 19.7. The maximum absolute atomic E-state index is 14.7. The lowest BCUT2D eigenvalue weighted by atomic mass is 9.35. The number of aliphatic hydroxyl groups excluding tert-OH is 1. The van der Waals surface area contributed by atoms with Crippen LogP contribution in [0, 0.1) is 46.3 Å². The van der Waals surface area contributed by atoms with Gasteiger partial charge in [0.05, 0.1) is 11.9 Å². The van der Waals surface area contributed by atoms with E-state index in [2.05, 4.69) is 9.71 Å². The number of anilines is 1. The van der Waals surface area contributed by atoms with Crippen LogP contribution in [0.2, 0.25) is 0 Å². The van der Waals surface area contributed by atoms with Gasteiger partial charge in [0.15, 0.2) is 5.03 Å². The summed E-state index contributed by atoms with van der Waals surface area (Å²) in [4.78, 5) is 18.7. The molecule has 0 radical (unpaired) electrons. The summed E-state index contributed by atoms with van der Waals surface area (Å²) in [6.07, 6.45) is 18.8. The van der Waals surface area contributed by atoms with Crippen molar-refractivity contribution in [1.29, 1.82) is 0 Å². The molecule has 2 heterocycles. The molecule has 252 valence electrons. The molecule has 47 heavy (non-hydrogen) atoms. The number of rotatable bonds is 8. The van der Waals surface area contributed by atoms with E-state index in [1.165, 1.54) is 51.0 Å². The van der Waals surface area contributed by atoms with Crippen LogP contribution in [0.4, 0.5) is 5.69 Å². The van der Waals surface area contributed by atoms with Crippen LogP contribution in [0.25, 0.3) is 0 Å². The lowest BCUT2D eigenvalue weighted by molar-refractivity contribution is -0.282. The summed E-state index contributed by atoms with van der Waals surface area (Å²) in [6, 6.07) is 7.20. The molecule has 2 N–H and O–H groups in total. The van der Waals surface area contributed by atoms with E-state index in [-0.39, 0.29) is 27.6 Å². The molecule has 1 aromatic carbocycles. The number of ether oxygens (including phenoxy) is 1. The average Bonchev–Trinajstić information content (AvgIpc) is 3.45. The number of benzene rings is 1. The minimum atomic E-state index is -3.88. The van der Waals surface area contributed by atoms with Crippen LogP contribution in [-0.4, -0.2) is 34.6 Å². The molecule has 1 unspecified atom stereocenters. The number of carbonyl (C=O) groups excluding carboxylic acids is 1. The van der Waals surface area contributed by atoms with Crippen LogP contribution >= 0.6 is 0 Å². The highest BCUT2D eigenvalue weighted by Crippen LogP contribution is 2.75. The molecule has 0 saturated heterocycles. The molecule has 11 rings (SSSR count). The van der Waals surface area contributed by atoms with Crippen LogP contribution in [0.1, 0.15) is 108 Å². The van der Waals surface area contributed by atoms with Crippen LogP contribution < -0.4 is 4.72 Å². The maximum atomic E-state index is 14.7. The smallest absolute Gasteiger partial charge is 0.338 e. The Balaban J connectivity index is 1.10. The van der Waals surface area contributed by atoms with Gasteiger partial charge in [-0.2, -0.15) is 8.42 Å². The monoisotopic (exact) mass is 659 g/mol. The van der Waals surface area contributed by atoms with E-state index >= 15 is 0 Å². The Bertz CT molecular complexity index is 1640. The highest BCUT2D eigenvalue weighted by Gasteiger charge is 2.73. The summed E-state index contributed by atoms with van der Waals surface area (Å²) >= 11 is 0. The van der Waals surface area contributed by atoms with Crippen molar-refractivity contribution < 1.29 is 23.1 Å². The molecule has 9 heteroatoms. The van der Waals surface area contributed by atoms with E-state index in [0.29, 0.717) is 24.1 Å². The number of imidazole rings is 1. The van der Waals surface area contributed by atoms with Gasteiger partial charge in [-0.25, -0.2) is 9.78 Å². The number of nitrogens with zero attached hydrogens (tertiary/aromatic N) is 2. The van der Waals surface area contributed by atoms with E-state index in [4.69, 9.17) is 4.74 Å². The van der Waals surface area contributed by atoms with Crippen molar-refractivity contribution in [1.82, 2.24) is 9.55 Å². The zero-order chi connectivity index (χ0) is 32.3. The standard InChI is InChI=1S/C38H49N3O5S/c1-3-31(29-5-4-6-30(13-29)40-47(44,45)33-21-41(2)22-39-33)34-32(42)20-38(46-35(34)43,36-14-23-7-24(15-36)9-25(8-23)16-36)37-17-26-10-27(18-37)12-28(11-26)19-37/h4-6,13,21-28,31,40,42H,3,7-12,14-20H2,1-2H3. The van der Waals surface area contributed by atoms with Gasteiger partial charge in [0, 0.05) is 42.1 Å². The van der Waals surface area contributed by atoms with E-state index in [9.17, 15) is 18.3 Å². The van der Waals surface area contributed by atoms with Gasteiger partial charge >= 0.3 is 5.97 Å². The first-order valence-electron chi connectivity index (χ1n) is 18.3. The summed E-state index contributed by atoms with van der Waals surface area (Å²) in [5.74, 6) is 3.80. The van der Waals surface area contributed by atoms with Gasteiger partial charge in [0.2, 0.25) is 0 Å². The number of carbonyl (C=O) groups is 1. The molecule has 1 atom stereocenters. The Kier molecular flexibility index (Phi) is 6.66. The van der Waals surface area contributed by atoms with Gasteiger partial charge in [-0.1, -0.05) is 19.1 Å². The van der Waals surface area contributed by atoms with Crippen molar-refractivity contribution in [3.05, 3.63) is 53.7 Å². The Hall–Kier alpha value is -2.81. The van der Waals surface area contributed by atoms with Crippen LogP contribution in [0.5, 0.6) is 0 Å². The summed E-state index contributed by atoms with van der Waals surface area (Å²) in [5.41, 5.74) is 0.802. The summed E-state index contributed by atoms with van der Waals surface area (Å²) < 4.78 is 37.6. The first-order chi connectivity index (χ1) is 22.5. The number of cyclic esters (lactones) is 1. The fourth-order valence-electron chi connectivity index (χ4n) is 13.6. The van der Waals surface area contributed by atoms with Crippen molar-refractivity contribution in [3.8, 4) is 0 Å². The van der Waals surface area contributed by atoms with Gasteiger partial charge in [-0.3, -0.25) is 4.72 Å². The zero-order valence-corrected chi connectivity index (χ0v) is 28.6. The third-order valence-corrected chi connectivity index (χ3v) is 15.5. The summed E-state index contributed by atoms with van der Waals surface area (Å²) in [5, 5.41) is 12.2. The van der Waals surface area contributed by atoms with Gasteiger partial charge in [-0.15, -0.1) is 0 Å². The Morgan fingerprint density at radius 1 is 0.936 bits per heavy atom. The van der Waals surface area contributed by atoms with E-state index in [1.807, 2.05) is 13.0 Å². The van der Waals surface area contributed by atoms with Crippen LogP contribution in [0.15, 0.2) is 53.1 Å². The Morgan fingerprint density at radius 2 is 1.47 bits per heavy atom. The molecule has 2 aromatic rings. The second kappa shape index (κ2) is 10.3. The van der Waals surface area contributed by atoms with Crippen molar-refractivity contribution in [2.75, 3.05) is 4.72 Å². The highest BCUT2D eigenvalue weighted by atomic mass is 32.2. The molecule has 9 aliphatic rings. The lowest BCUT2D eigenvalue weighted by Gasteiger charge is -2.72. The predicted molar refractivity (Wildman–Crippen MR) is 178 cm³/mol. The number of sulfonamides is 1. The number of hydrogen-bond donors (Lipinski definition) is 2. The molecular formula is C38H49N3O5S. The van der Waals surface area contributed by atoms with E-state index in [0.717, 1.165) is 79.6 Å². The largest absolute Gasteiger partial charge is 0.512 e. The minimum absolute atomic E-state index is 0.0476. The fraction of sp³-hybridized carbons (Fsp3) is 0.684. The number of aromatic nitrogens is 2. The molecule has 1 aromatic heterocycles. The zero-order valence-electron chi connectivity index (χ0n) is 27.8. The van der Waals surface area contributed by atoms with Gasteiger partial charge in [-0.05, 0) is 137 Å². The molecule has 8 saturated carbocycles. The number of aryl methyl sites for hydroxylation is 1. The third kappa shape index (κ3) is 4.53. The van der Waals surface area contributed by atoms with Crippen molar-refractivity contribution in [3.63, 3.8) is 0 Å². The number of esters is 1. The summed E-state index contributed by atoms with van der Waals surface area (Å²) in [7, 11) is -2.16. The quantitative estimate of drug-likeness (QED) is 0.282. The second-order valence-electron chi connectivity index (χ2n) is 17.2. The number of nitrogens with one attached hydrogen (secondary N) is 1. The van der Waals surface area contributed by atoms with Gasteiger partial charge < -0.3 is 14.4 Å². The van der Waals surface area contributed by atoms with Crippen molar-refractivity contribution in [2.45, 2.75) is 113 Å². The van der Waals surface area contributed by atoms with E-state index in [1.54, 1.807) is 29.8 Å². The normalized spacial score (nSPS) is 40.9. The molecule has 0 spiro atoms. The van der Waals surface area contributed by atoms with Crippen molar-refractivity contribution in [2.24, 2.45) is 53.4 Å². The summed E-state index contributed by atoms with van der Waals surface area (Å²) in [6.45, 7) is 2.02. The third-order valence-electron chi connectivity index (χ3n) is 14.3. The minimum Gasteiger partial charge on any atom is -0.512 e. The fourth-order valence-corrected chi connectivity index (χ4v) is 14.6. The van der Waals surface area contributed by atoms with Crippen LogP contribution in [-0.2, 0) is 26.6 Å². The number of hydrogen-bond acceptors (Lipinski definition) is 6. The van der Waals surface area contributed by atoms with Gasteiger partial charge in [0.25, 0.3) is 10.0 Å². The molecule has 0 amide bonds. The first kappa shape index (κ1) is 30.3. The van der Waals surface area contributed by atoms with E-state index < -0.39 is 21.5 Å². The molecule has 1 aliphatic heterocycles. The molecule has 8 bridgehead atoms. The molecular weight excluding hydrogens is 611 g/mol. The van der Waals surface area contributed by atoms with Gasteiger partial charge in [0.1, 0.15) is 11.4 Å². The Labute approximate surface area is 278 Å². The predicted octanol–water partition coefficient (Wildman–Crippen LogP) is 7.65.